The van der Waals surface area contributed by atoms with Crippen molar-refractivity contribution in [3.05, 3.63) is 34.3 Å². The maximum Gasteiger partial charge on any atom is 0.258 e. The SMILES string of the molecule is CCC(C)(N)c1noc(-c2cc(F)cc(Br)c2)n1. The lowest BCUT2D eigenvalue weighted by Gasteiger charge is -2.16. The van der Waals surface area contributed by atoms with Crippen molar-refractivity contribution in [1.29, 1.82) is 0 Å². The highest BCUT2D eigenvalue weighted by Crippen LogP contribution is 2.26. The Morgan fingerprint density at radius 2 is 2.17 bits per heavy atom. The molecule has 0 aliphatic heterocycles. The number of benzene rings is 1. The molecular formula is C12H13BrFN3O. The summed E-state index contributed by atoms with van der Waals surface area (Å²) in [6.07, 6.45) is 0.679. The molecule has 0 aliphatic carbocycles. The highest BCUT2D eigenvalue weighted by Gasteiger charge is 2.25. The Kier molecular flexibility index (Phi) is 3.49. The van der Waals surface area contributed by atoms with Gasteiger partial charge in [-0.2, -0.15) is 4.98 Å². The topological polar surface area (TPSA) is 64.9 Å². The molecule has 0 radical (unpaired) electrons. The van der Waals surface area contributed by atoms with Gasteiger partial charge in [0.2, 0.25) is 0 Å². The molecule has 0 bridgehead atoms. The van der Waals surface area contributed by atoms with Gasteiger partial charge >= 0.3 is 0 Å². The van der Waals surface area contributed by atoms with E-state index >= 15 is 0 Å². The number of rotatable bonds is 3. The summed E-state index contributed by atoms with van der Waals surface area (Å²) in [5.41, 5.74) is 5.89. The zero-order valence-electron chi connectivity index (χ0n) is 10.1. The minimum atomic E-state index is -0.647. The van der Waals surface area contributed by atoms with E-state index < -0.39 is 5.54 Å². The van der Waals surface area contributed by atoms with Gasteiger partial charge in [0.15, 0.2) is 5.82 Å². The molecule has 1 aromatic heterocycles. The van der Waals surface area contributed by atoms with Crippen LogP contribution in [0.3, 0.4) is 0 Å². The van der Waals surface area contributed by atoms with Crippen molar-refractivity contribution in [1.82, 2.24) is 10.1 Å². The van der Waals surface area contributed by atoms with Crippen LogP contribution in [-0.4, -0.2) is 10.1 Å². The molecule has 2 N–H and O–H groups in total. The van der Waals surface area contributed by atoms with Gasteiger partial charge in [-0.3, -0.25) is 0 Å². The van der Waals surface area contributed by atoms with E-state index in [0.29, 0.717) is 22.3 Å². The molecule has 0 amide bonds. The number of nitrogens with zero attached hydrogens (tertiary/aromatic N) is 2. The van der Waals surface area contributed by atoms with Crippen LogP contribution in [0.5, 0.6) is 0 Å². The second-order valence-corrected chi connectivity index (χ2v) is 5.27. The smallest absolute Gasteiger partial charge is 0.258 e. The van der Waals surface area contributed by atoms with E-state index in [-0.39, 0.29) is 11.7 Å². The molecule has 0 aliphatic rings. The van der Waals surface area contributed by atoms with Gasteiger partial charge in [0, 0.05) is 10.0 Å². The van der Waals surface area contributed by atoms with Crippen LogP contribution in [0.25, 0.3) is 11.5 Å². The third-order valence-electron chi connectivity index (χ3n) is 2.78. The Morgan fingerprint density at radius 3 is 2.78 bits per heavy atom. The van der Waals surface area contributed by atoms with E-state index in [1.54, 1.807) is 6.07 Å². The maximum atomic E-state index is 13.3. The molecule has 4 nitrogen and oxygen atoms in total. The molecule has 0 saturated carbocycles. The van der Waals surface area contributed by atoms with Crippen molar-refractivity contribution in [3.63, 3.8) is 0 Å². The first kappa shape index (κ1) is 13.2. The highest BCUT2D eigenvalue weighted by molar-refractivity contribution is 9.10. The average molecular weight is 314 g/mol. The van der Waals surface area contributed by atoms with Gasteiger partial charge in [-0.25, -0.2) is 4.39 Å². The van der Waals surface area contributed by atoms with Crippen molar-refractivity contribution in [2.45, 2.75) is 25.8 Å². The number of nitrogens with two attached hydrogens (primary N) is 1. The first-order valence-electron chi connectivity index (χ1n) is 5.52. The second kappa shape index (κ2) is 4.78. The Morgan fingerprint density at radius 1 is 1.44 bits per heavy atom. The standard InChI is InChI=1S/C12H13BrFN3O/c1-3-12(2,15)11-16-10(18-17-11)7-4-8(13)6-9(14)5-7/h4-6H,3,15H2,1-2H3. The van der Waals surface area contributed by atoms with E-state index in [0.717, 1.165) is 0 Å². The lowest BCUT2D eigenvalue weighted by atomic mass is 10.00. The second-order valence-electron chi connectivity index (χ2n) is 4.35. The molecule has 0 spiro atoms. The predicted molar refractivity (Wildman–Crippen MR) is 69.2 cm³/mol. The van der Waals surface area contributed by atoms with Gasteiger partial charge in [-0.05, 0) is 31.5 Å². The number of halogens is 2. The molecule has 18 heavy (non-hydrogen) atoms. The minimum absolute atomic E-state index is 0.260. The van der Waals surface area contributed by atoms with E-state index in [4.69, 9.17) is 10.3 Å². The first-order chi connectivity index (χ1) is 8.42. The fourth-order valence-corrected chi connectivity index (χ4v) is 1.87. The van der Waals surface area contributed by atoms with Crippen molar-refractivity contribution in [3.8, 4) is 11.5 Å². The molecule has 1 heterocycles. The summed E-state index contributed by atoms with van der Waals surface area (Å²) in [6.45, 7) is 3.76. The van der Waals surface area contributed by atoms with Crippen LogP contribution in [0.4, 0.5) is 4.39 Å². The summed E-state index contributed by atoms with van der Waals surface area (Å²) in [7, 11) is 0. The fourth-order valence-electron chi connectivity index (χ4n) is 1.41. The van der Waals surface area contributed by atoms with E-state index in [2.05, 4.69) is 26.1 Å². The Balaban J connectivity index is 2.41. The van der Waals surface area contributed by atoms with Gasteiger partial charge in [0.1, 0.15) is 5.82 Å². The van der Waals surface area contributed by atoms with Gasteiger partial charge in [-0.15, -0.1) is 0 Å². The normalized spacial score (nSPS) is 14.5. The average Bonchev–Trinajstić information content (AvgIpc) is 2.77. The maximum absolute atomic E-state index is 13.3. The van der Waals surface area contributed by atoms with Crippen LogP contribution >= 0.6 is 15.9 Å². The zero-order valence-corrected chi connectivity index (χ0v) is 11.7. The van der Waals surface area contributed by atoms with Gasteiger partial charge in [0.05, 0.1) is 5.54 Å². The van der Waals surface area contributed by atoms with Crippen molar-refractivity contribution in [2.24, 2.45) is 5.73 Å². The Labute approximate surface area is 113 Å². The quantitative estimate of drug-likeness (QED) is 0.944. The lowest BCUT2D eigenvalue weighted by molar-refractivity contribution is 0.379. The monoisotopic (exact) mass is 313 g/mol. The van der Waals surface area contributed by atoms with Gasteiger partial charge < -0.3 is 10.3 Å². The molecular weight excluding hydrogens is 301 g/mol. The van der Waals surface area contributed by atoms with Crippen molar-refractivity contribution >= 4 is 15.9 Å². The molecule has 0 fully saturated rings. The van der Waals surface area contributed by atoms with Crippen LogP contribution in [0.15, 0.2) is 27.2 Å². The summed E-state index contributed by atoms with van der Waals surface area (Å²) in [4.78, 5) is 4.21. The van der Waals surface area contributed by atoms with Crippen LogP contribution in [0.2, 0.25) is 0 Å². The largest absolute Gasteiger partial charge is 0.334 e. The van der Waals surface area contributed by atoms with Crippen LogP contribution in [-0.2, 0) is 5.54 Å². The summed E-state index contributed by atoms with van der Waals surface area (Å²) >= 11 is 3.22. The molecule has 1 atom stereocenters. The van der Waals surface area contributed by atoms with Crippen LogP contribution < -0.4 is 5.73 Å². The molecule has 96 valence electrons. The first-order valence-corrected chi connectivity index (χ1v) is 6.31. The van der Waals surface area contributed by atoms with Crippen molar-refractivity contribution < 1.29 is 8.91 Å². The summed E-state index contributed by atoms with van der Waals surface area (Å²) in [5, 5.41) is 3.85. The third-order valence-corrected chi connectivity index (χ3v) is 3.24. The Bertz CT molecular complexity index is 548. The zero-order chi connectivity index (χ0) is 13.3. The van der Waals surface area contributed by atoms with Gasteiger partial charge in [-0.1, -0.05) is 28.0 Å². The van der Waals surface area contributed by atoms with E-state index in [1.807, 2.05) is 13.8 Å². The van der Waals surface area contributed by atoms with E-state index in [9.17, 15) is 4.39 Å². The van der Waals surface area contributed by atoms with Crippen LogP contribution in [0, 0.1) is 5.82 Å². The van der Waals surface area contributed by atoms with E-state index in [1.165, 1.54) is 12.1 Å². The molecule has 0 saturated heterocycles. The predicted octanol–water partition coefficient (Wildman–Crippen LogP) is 3.22. The summed E-state index contributed by atoms with van der Waals surface area (Å²) < 4.78 is 19.0. The number of aromatic nitrogens is 2. The molecule has 2 rings (SSSR count). The fraction of sp³-hybridized carbons (Fsp3) is 0.333. The minimum Gasteiger partial charge on any atom is -0.334 e. The molecule has 2 aromatic rings. The summed E-state index contributed by atoms with van der Waals surface area (Å²) in [5.74, 6) is 0.306. The third kappa shape index (κ3) is 2.59. The van der Waals surface area contributed by atoms with Crippen molar-refractivity contribution in [2.75, 3.05) is 0 Å². The summed E-state index contributed by atoms with van der Waals surface area (Å²) in [6, 6.07) is 4.40. The Hall–Kier alpha value is -1.27. The molecule has 1 aromatic carbocycles. The highest BCUT2D eigenvalue weighted by atomic mass is 79.9. The number of hydrogen-bond donors (Lipinski definition) is 1. The van der Waals surface area contributed by atoms with Gasteiger partial charge in [0.25, 0.3) is 5.89 Å². The lowest BCUT2D eigenvalue weighted by Crippen LogP contribution is -2.33. The number of hydrogen-bond acceptors (Lipinski definition) is 4. The molecule has 1 unspecified atom stereocenters. The van der Waals surface area contributed by atoms with Crippen LogP contribution in [0.1, 0.15) is 26.1 Å². The molecule has 6 heteroatoms.